The second-order valence-electron chi connectivity index (χ2n) is 7.16. The maximum Gasteiger partial charge on any atom is 0.332 e. The highest BCUT2D eigenvalue weighted by Gasteiger charge is 2.25. The van der Waals surface area contributed by atoms with Crippen LogP contribution in [0.1, 0.15) is 6.42 Å². The molecule has 2 aliphatic rings. The van der Waals surface area contributed by atoms with E-state index in [0.717, 1.165) is 36.4 Å². The van der Waals surface area contributed by atoms with Crippen LogP contribution in [0.25, 0.3) is 0 Å². The molecule has 2 fully saturated rings. The summed E-state index contributed by atoms with van der Waals surface area (Å²) in [4.78, 5) is 37.4. The van der Waals surface area contributed by atoms with Gasteiger partial charge in [0, 0.05) is 58.6 Å². The van der Waals surface area contributed by atoms with Gasteiger partial charge in [-0.05, 0) is 12.5 Å². The number of anilines is 3. The molecule has 10 heteroatoms. The van der Waals surface area contributed by atoms with Crippen LogP contribution in [0.15, 0.2) is 27.9 Å². The summed E-state index contributed by atoms with van der Waals surface area (Å²) in [6.07, 6.45) is 2.65. The van der Waals surface area contributed by atoms with Crippen LogP contribution in [-0.2, 0) is 18.8 Å². The molecule has 2 aromatic heterocycles. The van der Waals surface area contributed by atoms with Crippen molar-refractivity contribution in [1.82, 2.24) is 19.1 Å². The molecule has 28 heavy (non-hydrogen) atoms. The van der Waals surface area contributed by atoms with Crippen molar-refractivity contribution < 1.29 is 4.74 Å². The lowest BCUT2D eigenvalue weighted by atomic mass is 10.2. The van der Waals surface area contributed by atoms with Crippen LogP contribution in [0.4, 0.5) is 17.6 Å². The smallest absolute Gasteiger partial charge is 0.332 e. The van der Waals surface area contributed by atoms with E-state index in [1.165, 1.54) is 17.7 Å². The first-order chi connectivity index (χ1) is 13.5. The molecule has 10 nitrogen and oxygen atoms in total. The van der Waals surface area contributed by atoms with Gasteiger partial charge in [0.2, 0.25) is 5.95 Å². The summed E-state index contributed by atoms with van der Waals surface area (Å²) >= 11 is 0. The minimum Gasteiger partial charge on any atom is -0.378 e. The highest BCUT2D eigenvalue weighted by molar-refractivity contribution is 5.45. The molecule has 150 valence electrons. The van der Waals surface area contributed by atoms with Crippen molar-refractivity contribution >= 4 is 17.6 Å². The predicted molar refractivity (Wildman–Crippen MR) is 106 cm³/mol. The summed E-state index contributed by atoms with van der Waals surface area (Å²) < 4.78 is 8.01. The zero-order chi connectivity index (χ0) is 19.7. The fourth-order valence-electron chi connectivity index (χ4n) is 3.66. The van der Waals surface area contributed by atoms with Crippen LogP contribution in [-0.4, -0.2) is 64.5 Å². The zero-order valence-corrected chi connectivity index (χ0v) is 16.2. The molecule has 4 heterocycles. The van der Waals surface area contributed by atoms with Gasteiger partial charge in [-0.2, -0.15) is 4.98 Å². The van der Waals surface area contributed by atoms with Crippen LogP contribution in [0, 0.1) is 0 Å². The third-order valence-electron chi connectivity index (χ3n) is 5.30. The molecule has 2 saturated heterocycles. The lowest BCUT2D eigenvalue weighted by Crippen LogP contribution is -2.40. The maximum absolute atomic E-state index is 12.2. The Hall–Kier alpha value is -2.88. The number of hydrogen-bond donors (Lipinski definition) is 1. The normalized spacial score (nSPS) is 19.9. The molecule has 0 bridgehead atoms. The Kier molecular flexibility index (Phi) is 5.03. The number of nitrogens with one attached hydrogen (secondary N) is 1. The van der Waals surface area contributed by atoms with E-state index < -0.39 is 0 Å². The lowest BCUT2D eigenvalue weighted by Gasteiger charge is -2.27. The van der Waals surface area contributed by atoms with Crippen molar-refractivity contribution in [1.29, 1.82) is 0 Å². The number of hydrogen-bond acceptors (Lipinski definition) is 8. The Labute approximate surface area is 162 Å². The number of ether oxygens (including phenoxy) is 1. The Morgan fingerprint density at radius 3 is 2.68 bits per heavy atom. The Morgan fingerprint density at radius 2 is 1.89 bits per heavy atom. The van der Waals surface area contributed by atoms with Crippen molar-refractivity contribution in [2.75, 3.05) is 54.5 Å². The average molecular weight is 387 g/mol. The molecule has 0 spiro atoms. The maximum atomic E-state index is 12.2. The van der Waals surface area contributed by atoms with Gasteiger partial charge in [0.25, 0.3) is 5.56 Å². The van der Waals surface area contributed by atoms with E-state index in [1.807, 2.05) is 6.07 Å². The zero-order valence-electron chi connectivity index (χ0n) is 16.2. The lowest BCUT2D eigenvalue weighted by molar-refractivity contribution is 0.122. The van der Waals surface area contributed by atoms with Gasteiger partial charge >= 0.3 is 5.69 Å². The van der Waals surface area contributed by atoms with Crippen molar-refractivity contribution in [3.8, 4) is 0 Å². The first-order valence-electron chi connectivity index (χ1n) is 9.47. The van der Waals surface area contributed by atoms with E-state index >= 15 is 0 Å². The topological polar surface area (TPSA) is 97.5 Å². The highest BCUT2D eigenvalue weighted by atomic mass is 16.5. The van der Waals surface area contributed by atoms with Gasteiger partial charge in [-0.15, -0.1) is 0 Å². The predicted octanol–water partition coefficient (Wildman–Crippen LogP) is -0.599. The molecule has 0 saturated carbocycles. The molecule has 1 N–H and O–H groups in total. The van der Waals surface area contributed by atoms with Crippen molar-refractivity contribution in [3.05, 3.63) is 39.2 Å². The van der Waals surface area contributed by atoms with Gasteiger partial charge in [-0.1, -0.05) is 0 Å². The molecule has 0 aromatic carbocycles. The van der Waals surface area contributed by atoms with Crippen molar-refractivity contribution in [2.24, 2.45) is 14.1 Å². The third-order valence-corrected chi connectivity index (χ3v) is 5.30. The van der Waals surface area contributed by atoms with Crippen LogP contribution >= 0.6 is 0 Å². The quantitative estimate of drug-likeness (QED) is 0.743. The van der Waals surface area contributed by atoms with E-state index in [0.29, 0.717) is 31.5 Å². The van der Waals surface area contributed by atoms with E-state index in [2.05, 4.69) is 25.1 Å². The van der Waals surface area contributed by atoms with E-state index in [1.54, 1.807) is 13.2 Å². The SMILES string of the molecule is Cn1c(N2CCC(Nc3ccnc(N4CCOCC4)n3)C2)cc(=O)n(C)c1=O. The molecule has 4 rings (SSSR count). The first kappa shape index (κ1) is 18.5. The molecule has 0 amide bonds. The summed E-state index contributed by atoms with van der Waals surface area (Å²) in [6, 6.07) is 3.55. The molecule has 1 atom stereocenters. The molecule has 2 aliphatic heterocycles. The van der Waals surface area contributed by atoms with Crippen LogP contribution in [0.5, 0.6) is 0 Å². The number of aromatic nitrogens is 4. The summed E-state index contributed by atoms with van der Waals surface area (Å²) in [5.41, 5.74) is -0.606. The highest BCUT2D eigenvalue weighted by Crippen LogP contribution is 2.20. The minimum absolute atomic E-state index is 0.173. The summed E-state index contributed by atoms with van der Waals surface area (Å²) in [6.45, 7) is 4.41. The van der Waals surface area contributed by atoms with E-state index in [9.17, 15) is 9.59 Å². The molecule has 0 radical (unpaired) electrons. The third kappa shape index (κ3) is 3.59. The largest absolute Gasteiger partial charge is 0.378 e. The number of morpholine rings is 1. The summed E-state index contributed by atoms with van der Waals surface area (Å²) in [7, 11) is 3.18. The van der Waals surface area contributed by atoms with Gasteiger partial charge in [-0.25, -0.2) is 9.78 Å². The second kappa shape index (κ2) is 7.63. The standard InChI is InChI=1S/C18H25N7O3/c1-22-15(11-16(26)23(2)18(22)27)25-6-4-13(12-25)20-14-3-5-19-17(21-14)24-7-9-28-10-8-24/h3,5,11,13H,4,6-10,12H2,1-2H3,(H,19,20,21). The molecular weight excluding hydrogens is 362 g/mol. The van der Waals surface area contributed by atoms with Crippen LogP contribution in [0.3, 0.4) is 0 Å². The molecule has 2 aromatic rings. The van der Waals surface area contributed by atoms with Crippen LogP contribution in [0.2, 0.25) is 0 Å². The first-order valence-corrected chi connectivity index (χ1v) is 9.47. The number of nitrogens with zero attached hydrogens (tertiary/aromatic N) is 6. The molecule has 1 unspecified atom stereocenters. The molecular formula is C18H25N7O3. The van der Waals surface area contributed by atoms with Gasteiger partial charge in [0.1, 0.15) is 11.6 Å². The summed E-state index contributed by atoms with van der Waals surface area (Å²) in [5.74, 6) is 2.13. The summed E-state index contributed by atoms with van der Waals surface area (Å²) in [5, 5.41) is 3.46. The van der Waals surface area contributed by atoms with Gasteiger partial charge in [0.05, 0.1) is 13.2 Å². The van der Waals surface area contributed by atoms with Crippen LogP contribution < -0.4 is 26.4 Å². The monoisotopic (exact) mass is 387 g/mol. The van der Waals surface area contributed by atoms with E-state index in [4.69, 9.17) is 4.74 Å². The Bertz CT molecular complexity index is 964. The Balaban J connectivity index is 1.46. The second-order valence-corrected chi connectivity index (χ2v) is 7.16. The fourth-order valence-corrected chi connectivity index (χ4v) is 3.66. The van der Waals surface area contributed by atoms with Gasteiger partial charge in [0.15, 0.2) is 0 Å². The minimum atomic E-state index is -0.315. The van der Waals surface area contributed by atoms with Gasteiger partial charge in [-0.3, -0.25) is 13.9 Å². The average Bonchev–Trinajstić information content (AvgIpc) is 3.18. The number of rotatable bonds is 4. The van der Waals surface area contributed by atoms with Crippen molar-refractivity contribution in [2.45, 2.75) is 12.5 Å². The van der Waals surface area contributed by atoms with E-state index in [-0.39, 0.29) is 17.3 Å². The fraction of sp³-hybridized carbons (Fsp3) is 0.556. The Morgan fingerprint density at radius 1 is 1.11 bits per heavy atom. The van der Waals surface area contributed by atoms with Crippen molar-refractivity contribution in [3.63, 3.8) is 0 Å². The molecule has 0 aliphatic carbocycles. The van der Waals surface area contributed by atoms with Gasteiger partial charge < -0.3 is 19.9 Å².